The maximum Gasteiger partial charge on any atom is 0.118 e. The van der Waals surface area contributed by atoms with Crippen LogP contribution in [0.5, 0.6) is 5.75 Å². The zero-order valence-corrected chi connectivity index (χ0v) is 9.09. The number of halogens is 1. The van der Waals surface area contributed by atoms with Gasteiger partial charge in [-0.25, -0.2) is 0 Å². The van der Waals surface area contributed by atoms with Crippen LogP contribution in [0.15, 0.2) is 36.9 Å². The molecule has 2 nitrogen and oxygen atoms in total. The van der Waals surface area contributed by atoms with Crippen LogP contribution in [0.3, 0.4) is 0 Å². The van der Waals surface area contributed by atoms with Gasteiger partial charge in [0.25, 0.3) is 0 Å². The Labute approximate surface area is 91.2 Å². The molecule has 0 saturated heterocycles. The molecule has 2 N–H and O–H groups in total. The second kappa shape index (κ2) is 6.46. The van der Waals surface area contributed by atoms with Crippen molar-refractivity contribution in [1.29, 1.82) is 0 Å². The first-order chi connectivity index (χ1) is 6.27. The topological polar surface area (TPSA) is 35.2 Å². The lowest BCUT2D eigenvalue weighted by molar-refractivity contribution is 0.414. The summed E-state index contributed by atoms with van der Waals surface area (Å²) in [7, 11) is 1.65. The average Bonchev–Trinajstić information content (AvgIpc) is 2.18. The standard InChI is InChI=1S/C11H15NO.ClH/c1-3-4-11(12)9-5-7-10(13-2)8-6-9;/h3,5-8,11H,1,4,12H2,2H3;1H/t11-;/m1./s1. The van der Waals surface area contributed by atoms with E-state index in [1.165, 1.54) is 0 Å². The highest BCUT2D eigenvalue weighted by molar-refractivity contribution is 5.85. The third kappa shape index (κ3) is 3.40. The van der Waals surface area contributed by atoms with Gasteiger partial charge < -0.3 is 10.5 Å². The molecular weight excluding hydrogens is 198 g/mol. The Morgan fingerprint density at radius 3 is 2.43 bits per heavy atom. The van der Waals surface area contributed by atoms with E-state index in [1.807, 2.05) is 30.3 Å². The van der Waals surface area contributed by atoms with Gasteiger partial charge in [-0.1, -0.05) is 18.2 Å². The first kappa shape index (κ1) is 13.0. The molecular formula is C11H16ClNO. The Morgan fingerprint density at radius 1 is 1.43 bits per heavy atom. The zero-order chi connectivity index (χ0) is 9.68. The van der Waals surface area contributed by atoms with E-state index in [2.05, 4.69) is 6.58 Å². The van der Waals surface area contributed by atoms with E-state index >= 15 is 0 Å². The van der Waals surface area contributed by atoms with Crippen LogP contribution >= 0.6 is 12.4 Å². The van der Waals surface area contributed by atoms with Crippen molar-refractivity contribution in [3.05, 3.63) is 42.5 Å². The summed E-state index contributed by atoms with van der Waals surface area (Å²) in [5, 5.41) is 0. The highest BCUT2D eigenvalue weighted by Gasteiger charge is 2.02. The van der Waals surface area contributed by atoms with Crippen LogP contribution in [0.1, 0.15) is 18.0 Å². The van der Waals surface area contributed by atoms with Crippen molar-refractivity contribution >= 4 is 12.4 Å². The Balaban J connectivity index is 0.00000169. The van der Waals surface area contributed by atoms with Gasteiger partial charge in [-0.2, -0.15) is 0 Å². The molecule has 0 heterocycles. The smallest absolute Gasteiger partial charge is 0.118 e. The highest BCUT2D eigenvalue weighted by Crippen LogP contribution is 2.18. The Kier molecular flexibility index (Phi) is 6.00. The second-order valence-corrected chi connectivity index (χ2v) is 2.90. The van der Waals surface area contributed by atoms with Gasteiger partial charge in [-0.05, 0) is 24.1 Å². The Hall–Kier alpha value is -0.990. The van der Waals surface area contributed by atoms with Gasteiger partial charge in [0, 0.05) is 6.04 Å². The van der Waals surface area contributed by atoms with Crippen molar-refractivity contribution in [3.63, 3.8) is 0 Å². The van der Waals surface area contributed by atoms with E-state index in [1.54, 1.807) is 7.11 Å². The molecule has 1 aromatic rings. The van der Waals surface area contributed by atoms with Gasteiger partial charge >= 0.3 is 0 Å². The molecule has 0 aromatic heterocycles. The van der Waals surface area contributed by atoms with E-state index in [0.717, 1.165) is 17.7 Å². The summed E-state index contributed by atoms with van der Waals surface area (Å²) in [5.74, 6) is 0.856. The Morgan fingerprint density at radius 2 is 2.00 bits per heavy atom. The third-order valence-corrected chi connectivity index (χ3v) is 1.96. The van der Waals surface area contributed by atoms with Crippen molar-refractivity contribution in [2.24, 2.45) is 5.73 Å². The molecule has 78 valence electrons. The number of rotatable bonds is 4. The van der Waals surface area contributed by atoms with Gasteiger partial charge in [-0.15, -0.1) is 19.0 Å². The summed E-state index contributed by atoms with van der Waals surface area (Å²) in [4.78, 5) is 0. The SMILES string of the molecule is C=CC[C@@H](N)c1ccc(OC)cc1.Cl. The summed E-state index contributed by atoms with van der Waals surface area (Å²) in [6.07, 6.45) is 2.63. The molecule has 0 unspecified atom stereocenters. The summed E-state index contributed by atoms with van der Waals surface area (Å²) >= 11 is 0. The van der Waals surface area contributed by atoms with Gasteiger partial charge in [0.15, 0.2) is 0 Å². The normalized spacial score (nSPS) is 11.3. The Bertz CT molecular complexity index is 271. The predicted octanol–water partition coefficient (Wildman–Crippen LogP) is 2.69. The van der Waals surface area contributed by atoms with E-state index in [-0.39, 0.29) is 18.4 Å². The minimum Gasteiger partial charge on any atom is -0.497 e. The monoisotopic (exact) mass is 213 g/mol. The van der Waals surface area contributed by atoms with Crippen LogP contribution in [-0.4, -0.2) is 7.11 Å². The molecule has 0 spiro atoms. The van der Waals surface area contributed by atoms with E-state index in [4.69, 9.17) is 10.5 Å². The molecule has 0 aliphatic carbocycles. The molecule has 0 aliphatic heterocycles. The molecule has 0 fully saturated rings. The van der Waals surface area contributed by atoms with Crippen LogP contribution in [0.25, 0.3) is 0 Å². The zero-order valence-electron chi connectivity index (χ0n) is 8.27. The quantitative estimate of drug-likeness (QED) is 0.781. The fourth-order valence-electron chi connectivity index (χ4n) is 1.17. The van der Waals surface area contributed by atoms with E-state index < -0.39 is 0 Å². The lowest BCUT2D eigenvalue weighted by atomic mass is 10.1. The van der Waals surface area contributed by atoms with Crippen molar-refractivity contribution in [3.8, 4) is 5.75 Å². The number of hydrogen-bond acceptors (Lipinski definition) is 2. The number of benzene rings is 1. The molecule has 0 aliphatic rings. The largest absolute Gasteiger partial charge is 0.497 e. The number of ether oxygens (including phenoxy) is 1. The summed E-state index contributed by atoms with van der Waals surface area (Å²) in [6.45, 7) is 3.66. The van der Waals surface area contributed by atoms with Crippen LogP contribution in [0.2, 0.25) is 0 Å². The van der Waals surface area contributed by atoms with Crippen molar-refractivity contribution < 1.29 is 4.74 Å². The van der Waals surface area contributed by atoms with Crippen LogP contribution in [-0.2, 0) is 0 Å². The molecule has 1 rings (SSSR count). The lowest BCUT2D eigenvalue weighted by Gasteiger charge is -2.09. The minimum absolute atomic E-state index is 0. The first-order valence-electron chi connectivity index (χ1n) is 4.28. The number of methoxy groups -OCH3 is 1. The third-order valence-electron chi connectivity index (χ3n) is 1.96. The van der Waals surface area contributed by atoms with Crippen molar-refractivity contribution in [2.75, 3.05) is 7.11 Å². The van der Waals surface area contributed by atoms with Crippen LogP contribution < -0.4 is 10.5 Å². The molecule has 1 atom stereocenters. The van der Waals surface area contributed by atoms with Gasteiger partial charge in [-0.3, -0.25) is 0 Å². The minimum atomic E-state index is 0. The average molecular weight is 214 g/mol. The number of hydrogen-bond donors (Lipinski definition) is 1. The van der Waals surface area contributed by atoms with Gasteiger partial charge in [0.05, 0.1) is 7.11 Å². The van der Waals surface area contributed by atoms with Crippen molar-refractivity contribution in [1.82, 2.24) is 0 Å². The number of nitrogens with two attached hydrogens (primary N) is 1. The molecule has 0 bridgehead atoms. The molecule has 3 heteroatoms. The molecule has 14 heavy (non-hydrogen) atoms. The lowest BCUT2D eigenvalue weighted by Crippen LogP contribution is -2.08. The van der Waals surface area contributed by atoms with E-state index in [0.29, 0.717) is 0 Å². The van der Waals surface area contributed by atoms with Gasteiger partial charge in [0.1, 0.15) is 5.75 Å². The summed E-state index contributed by atoms with van der Waals surface area (Å²) < 4.78 is 5.05. The first-order valence-corrected chi connectivity index (χ1v) is 4.28. The maximum absolute atomic E-state index is 5.88. The van der Waals surface area contributed by atoms with Crippen LogP contribution in [0, 0.1) is 0 Å². The molecule has 0 amide bonds. The molecule has 0 saturated carbocycles. The highest BCUT2D eigenvalue weighted by atomic mass is 35.5. The van der Waals surface area contributed by atoms with E-state index in [9.17, 15) is 0 Å². The predicted molar refractivity (Wildman–Crippen MR) is 62.0 cm³/mol. The summed E-state index contributed by atoms with van der Waals surface area (Å²) in [5.41, 5.74) is 7.00. The summed E-state index contributed by atoms with van der Waals surface area (Å²) in [6, 6.07) is 7.83. The van der Waals surface area contributed by atoms with Crippen LogP contribution in [0.4, 0.5) is 0 Å². The van der Waals surface area contributed by atoms with Crippen molar-refractivity contribution in [2.45, 2.75) is 12.5 Å². The van der Waals surface area contributed by atoms with Gasteiger partial charge in [0.2, 0.25) is 0 Å². The maximum atomic E-state index is 5.88. The molecule has 0 radical (unpaired) electrons. The fourth-order valence-corrected chi connectivity index (χ4v) is 1.17. The molecule has 1 aromatic carbocycles. The fraction of sp³-hybridized carbons (Fsp3) is 0.273. The second-order valence-electron chi connectivity index (χ2n) is 2.90.